The van der Waals surface area contributed by atoms with Gasteiger partial charge in [0, 0.05) is 30.6 Å². The second kappa shape index (κ2) is 5.44. The number of nitrogens with zero attached hydrogens (tertiary/aromatic N) is 2. The van der Waals surface area contributed by atoms with Gasteiger partial charge in [0.2, 0.25) is 11.8 Å². The summed E-state index contributed by atoms with van der Waals surface area (Å²) in [5, 5.41) is 11.4. The van der Waals surface area contributed by atoms with Crippen molar-refractivity contribution in [2.45, 2.75) is 32.0 Å². The summed E-state index contributed by atoms with van der Waals surface area (Å²) in [5.41, 5.74) is 5.77. The third-order valence-electron chi connectivity index (χ3n) is 4.18. The van der Waals surface area contributed by atoms with Crippen molar-refractivity contribution in [3.63, 3.8) is 0 Å². The van der Waals surface area contributed by atoms with Gasteiger partial charge in [0.1, 0.15) is 11.9 Å². The van der Waals surface area contributed by atoms with Crippen LogP contribution >= 0.6 is 0 Å². The maximum absolute atomic E-state index is 14.4. The second-order valence-electron chi connectivity index (χ2n) is 5.47. The number of halogens is 1. The van der Waals surface area contributed by atoms with Gasteiger partial charge >= 0.3 is 0 Å². The van der Waals surface area contributed by atoms with Crippen molar-refractivity contribution >= 4 is 17.7 Å². The summed E-state index contributed by atoms with van der Waals surface area (Å²) in [6, 6.07) is 2.42. The monoisotopic (exact) mass is 316 g/mol. The number of amides is 3. The number of nitriles is 1. The van der Waals surface area contributed by atoms with Crippen LogP contribution in [0.15, 0.2) is 6.07 Å². The summed E-state index contributed by atoms with van der Waals surface area (Å²) in [4.78, 5) is 36.9. The smallest absolute Gasteiger partial charge is 0.258 e. The van der Waals surface area contributed by atoms with Gasteiger partial charge < -0.3 is 10.6 Å². The fraction of sp³-hybridized carbons (Fsp3) is 0.333. The molecule has 1 fully saturated rings. The molecule has 0 bridgehead atoms. The molecule has 118 valence electrons. The van der Waals surface area contributed by atoms with Crippen LogP contribution in [0.25, 0.3) is 0 Å². The van der Waals surface area contributed by atoms with Gasteiger partial charge in [-0.05, 0) is 12.5 Å². The molecule has 8 heteroatoms. The van der Waals surface area contributed by atoms with Crippen LogP contribution in [0.5, 0.6) is 0 Å². The first kappa shape index (κ1) is 15.1. The Kier molecular flexibility index (Phi) is 3.58. The fourth-order valence-electron chi connectivity index (χ4n) is 3.00. The Morgan fingerprint density at radius 3 is 2.78 bits per heavy atom. The molecule has 23 heavy (non-hydrogen) atoms. The van der Waals surface area contributed by atoms with E-state index in [4.69, 9.17) is 5.73 Å². The lowest BCUT2D eigenvalue weighted by molar-refractivity contribution is -0.136. The van der Waals surface area contributed by atoms with E-state index < -0.39 is 29.6 Å². The highest BCUT2D eigenvalue weighted by atomic mass is 19.1. The Balaban J connectivity index is 2.02. The highest BCUT2D eigenvalue weighted by molar-refractivity contribution is 6.05. The number of piperidine rings is 1. The molecule has 2 aliphatic rings. The zero-order chi connectivity index (χ0) is 16.7. The number of hydrogen-bond acceptors (Lipinski definition) is 5. The summed E-state index contributed by atoms with van der Waals surface area (Å²) < 4.78 is 14.4. The Hall–Kier alpha value is -2.79. The van der Waals surface area contributed by atoms with Gasteiger partial charge in [-0.3, -0.25) is 19.7 Å². The van der Waals surface area contributed by atoms with Gasteiger partial charge in [0.15, 0.2) is 0 Å². The largest absolute Gasteiger partial charge is 0.326 e. The average molecular weight is 316 g/mol. The lowest BCUT2D eigenvalue weighted by Gasteiger charge is -2.29. The normalized spacial score (nSPS) is 20.3. The van der Waals surface area contributed by atoms with Crippen LogP contribution in [0.2, 0.25) is 0 Å². The minimum Gasteiger partial charge on any atom is -0.326 e. The molecule has 3 rings (SSSR count). The molecule has 7 nitrogen and oxygen atoms in total. The third-order valence-corrected chi connectivity index (χ3v) is 4.18. The number of imide groups is 1. The van der Waals surface area contributed by atoms with E-state index in [2.05, 4.69) is 5.32 Å². The van der Waals surface area contributed by atoms with E-state index in [1.54, 1.807) is 0 Å². The molecule has 0 radical (unpaired) electrons. The number of carbonyl (C=O) groups excluding carboxylic acids is 3. The van der Waals surface area contributed by atoms with Crippen molar-refractivity contribution in [2.24, 2.45) is 5.73 Å². The summed E-state index contributed by atoms with van der Waals surface area (Å²) >= 11 is 0. The standard InChI is InChI=1S/C15H13FN4O3/c16-13-8(5-18)3-7(4-17)9-6-20(15(23)12(9)13)10-1-2-11(21)19-14(10)22/h3,10H,1-2,5-6,18H2,(H,19,21,22). The fourth-order valence-corrected chi connectivity index (χ4v) is 3.00. The molecular weight excluding hydrogens is 303 g/mol. The molecule has 1 unspecified atom stereocenters. The average Bonchev–Trinajstić information content (AvgIpc) is 2.86. The molecule has 1 aromatic rings. The van der Waals surface area contributed by atoms with Crippen molar-refractivity contribution in [3.05, 3.63) is 34.1 Å². The number of rotatable bonds is 2. The molecular formula is C15H13FN4O3. The Labute approximate surface area is 130 Å². The zero-order valence-electron chi connectivity index (χ0n) is 12.1. The second-order valence-corrected chi connectivity index (χ2v) is 5.47. The van der Waals surface area contributed by atoms with E-state index in [-0.39, 0.29) is 48.2 Å². The molecule has 0 aliphatic carbocycles. The van der Waals surface area contributed by atoms with E-state index in [9.17, 15) is 24.0 Å². The van der Waals surface area contributed by atoms with Crippen LogP contribution < -0.4 is 11.1 Å². The minimum atomic E-state index is -0.847. The predicted octanol–water partition coefficient (Wildman–Crippen LogP) is -0.0829. The lowest BCUT2D eigenvalue weighted by Crippen LogP contribution is -2.52. The number of carbonyl (C=O) groups is 3. The van der Waals surface area contributed by atoms with Crippen LogP contribution in [-0.2, 0) is 22.7 Å². The van der Waals surface area contributed by atoms with Crippen LogP contribution in [0.4, 0.5) is 4.39 Å². The van der Waals surface area contributed by atoms with Gasteiger partial charge in [0.25, 0.3) is 5.91 Å². The highest BCUT2D eigenvalue weighted by Gasteiger charge is 2.41. The van der Waals surface area contributed by atoms with Gasteiger partial charge in [-0.1, -0.05) is 0 Å². The maximum Gasteiger partial charge on any atom is 0.258 e. The van der Waals surface area contributed by atoms with E-state index in [1.807, 2.05) is 6.07 Å². The van der Waals surface area contributed by atoms with Crippen molar-refractivity contribution in [1.82, 2.24) is 10.2 Å². The summed E-state index contributed by atoms with van der Waals surface area (Å²) in [7, 11) is 0. The SMILES string of the molecule is N#Cc1cc(CN)c(F)c2c1CN(C1CCC(=O)NC1=O)C2=O. The van der Waals surface area contributed by atoms with Crippen LogP contribution in [0.3, 0.4) is 0 Å². The first-order valence-corrected chi connectivity index (χ1v) is 7.07. The number of nitrogens with one attached hydrogen (secondary N) is 1. The Bertz CT molecular complexity index is 784. The van der Waals surface area contributed by atoms with Crippen molar-refractivity contribution in [2.75, 3.05) is 0 Å². The molecule has 1 aromatic carbocycles. The molecule has 0 spiro atoms. The molecule has 0 aromatic heterocycles. The van der Waals surface area contributed by atoms with Crippen molar-refractivity contribution < 1.29 is 18.8 Å². The summed E-state index contributed by atoms with van der Waals surface area (Å²) in [6.45, 7) is -0.176. The highest BCUT2D eigenvalue weighted by Crippen LogP contribution is 2.33. The van der Waals surface area contributed by atoms with E-state index in [1.165, 1.54) is 11.0 Å². The van der Waals surface area contributed by atoms with Gasteiger partial charge in [-0.2, -0.15) is 5.26 Å². The lowest BCUT2D eigenvalue weighted by atomic mass is 9.99. The van der Waals surface area contributed by atoms with Gasteiger partial charge in [0.05, 0.1) is 17.2 Å². The first-order chi connectivity index (χ1) is 11.0. The van der Waals surface area contributed by atoms with E-state index in [0.717, 1.165) is 0 Å². The maximum atomic E-state index is 14.4. The van der Waals surface area contributed by atoms with Gasteiger partial charge in [-0.25, -0.2) is 4.39 Å². The Morgan fingerprint density at radius 2 is 2.17 bits per heavy atom. The molecule has 2 heterocycles. The van der Waals surface area contributed by atoms with Crippen molar-refractivity contribution in [3.8, 4) is 6.07 Å². The summed E-state index contributed by atoms with van der Waals surface area (Å²) in [6.07, 6.45) is 0.288. The third kappa shape index (κ3) is 2.26. The quantitative estimate of drug-likeness (QED) is 0.740. The van der Waals surface area contributed by atoms with E-state index >= 15 is 0 Å². The minimum absolute atomic E-state index is 0.0366. The molecule has 0 saturated carbocycles. The van der Waals surface area contributed by atoms with Crippen LogP contribution in [0.1, 0.15) is 39.9 Å². The summed E-state index contributed by atoms with van der Waals surface area (Å²) in [5.74, 6) is -2.38. The molecule has 1 atom stereocenters. The number of benzene rings is 1. The van der Waals surface area contributed by atoms with Crippen LogP contribution in [0, 0.1) is 17.1 Å². The molecule has 2 aliphatic heterocycles. The predicted molar refractivity (Wildman–Crippen MR) is 75.1 cm³/mol. The van der Waals surface area contributed by atoms with E-state index in [0.29, 0.717) is 0 Å². The number of fused-ring (bicyclic) bond motifs is 1. The van der Waals surface area contributed by atoms with Crippen LogP contribution in [-0.4, -0.2) is 28.7 Å². The number of hydrogen-bond donors (Lipinski definition) is 2. The molecule has 3 N–H and O–H groups in total. The Morgan fingerprint density at radius 1 is 1.43 bits per heavy atom. The topological polar surface area (TPSA) is 116 Å². The first-order valence-electron chi connectivity index (χ1n) is 7.07. The molecule has 1 saturated heterocycles. The van der Waals surface area contributed by atoms with Crippen molar-refractivity contribution in [1.29, 1.82) is 5.26 Å². The zero-order valence-corrected chi connectivity index (χ0v) is 12.1. The van der Waals surface area contributed by atoms with Gasteiger partial charge in [-0.15, -0.1) is 0 Å². The number of nitrogens with two attached hydrogens (primary N) is 1. The molecule has 3 amide bonds.